The Balaban J connectivity index is 2.79. The number of esters is 1. The number of benzene rings is 1. The molecule has 4 heteroatoms. The van der Waals surface area contributed by atoms with E-state index in [0.717, 1.165) is 11.8 Å². The molecule has 1 aromatic rings. The van der Waals surface area contributed by atoms with Crippen LogP contribution in [0.2, 0.25) is 5.02 Å². The van der Waals surface area contributed by atoms with E-state index in [1.54, 1.807) is 25.1 Å². The van der Waals surface area contributed by atoms with Crippen molar-refractivity contribution in [2.24, 2.45) is 0 Å². The second kappa shape index (κ2) is 6.18. The quantitative estimate of drug-likeness (QED) is 0.500. The first-order chi connectivity index (χ1) is 7.69. The highest BCUT2D eigenvalue weighted by Gasteiger charge is 2.12. The summed E-state index contributed by atoms with van der Waals surface area (Å²) in [6, 6.07) is 7.15. The lowest BCUT2D eigenvalue weighted by Crippen LogP contribution is -2.10. The molecule has 0 saturated heterocycles. The predicted molar refractivity (Wildman–Crippen MR) is 62.5 cm³/mol. The van der Waals surface area contributed by atoms with Gasteiger partial charge in [-0.15, -0.1) is 0 Å². The van der Waals surface area contributed by atoms with E-state index in [1.807, 2.05) is 6.07 Å². The van der Waals surface area contributed by atoms with E-state index < -0.39 is 5.97 Å². The summed E-state index contributed by atoms with van der Waals surface area (Å²) >= 11 is 5.95. The molecular weight excluding hydrogens is 228 g/mol. The smallest absolute Gasteiger partial charge is 0.337 e. The van der Waals surface area contributed by atoms with Crippen LogP contribution in [0.25, 0.3) is 0 Å². The second-order valence-corrected chi connectivity index (χ2v) is 3.55. The molecule has 0 radical (unpaired) electrons. The first kappa shape index (κ1) is 12.6. The summed E-state index contributed by atoms with van der Waals surface area (Å²) in [6.45, 7) is 1.99. The van der Waals surface area contributed by atoms with Crippen molar-refractivity contribution >= 4 is 17.6 Å². The van der Waals surface area contributed by atoms with Gasteiger partial charge < -0.3 is 9.84 Å². The number of aliphatic hydroxyl groups excluding tert-OH is 1. The molecule has 0 unspecified atom stereocenters. The van der Waals surface area contributed by atoms with Gasteiger partial charge in [-0.05, 0) is 18.6 Å². The van der Waals surface area contributed by atoms with Crippen molar-refractivity contribution in [1.29, 1.82) is 0 Å². The van der Waals surface area contributed by atoms with Crippen molar-refractivity contribution in [2.75, 3.05) is 6.61 Å². The standard InChI is InChI=1S/C12H13ClO3/c1-2-16-12(15)10(8-14)7-9-5-3-4-6-11(9)13/h3-6,8,14H,2,7H2,1H3/b10-8+. The molecule has 0 atom stereocenters. The lowest BCUT2D eigenvalue weighted by molar-refractivity contribution is -0.138. The minimum atomic E-state index is -0.523. The summed E-state index contributed by atoms with van der Waals surface area (Å²) in [7, 11) is 0. The Kier molecular flexibility index (Phi) is 4.86. The average Bonchev–Trinajstić information content (AvgIpc) is 2.28. The molecule has 1 aromatic carbocycles. The number of ether oxygens (including phenoxy) is 1. The fraction of sp³-hybridized carbons (Fsp3) is 0.250. The van der Waals surface area contributed by atoms with Gasteiger partial charge in [-0.3, -0.25) is 0 Å². The van der Waals surface area contributed by atoms with Crippen LogP contribution in [0.3, 0.4) is 0 Å². The number of aliphatic hydroxyl groups is 1. The number of carbonyl (C=O) groups is 1. The number of rotatable bonds is 4. The van der Waals surface area contributed by atoms with Gasteiger partial charge in [0.05, 0.1) is 18.4 Å². The molecule has 0 saturated carbocycles. The van der Waals surface area contributed by atoms with Crippen LogP contribution < -0.4 is 0 Å². The molecule has 0 aromatic heterocycles. The van der Waals surface area contributed by atoms with Crippen LogP contribution in [0.4, 0.5) is 0 Å². The third-order valence-corrected chi connectivity index (χ3v) is 2.40. The van der Waals surface area contributed by atoms with E-state index >= 15 is 0 Å². The van der Waals surface area contributed by atoms with Gasteiger partial charge in [0.25, 0.3) is 0 Å². The SMILES string of the molecule is CCOC(=O)/C(=C/O)Cc1ccccc1Cl. The first-order valence-corrected chi connectivity index (χ1v) is 5.30. The third kappa shape index (κ3) is 3.28. The fourth-order valence-electron chi connectivity index (χ4n) is 1.24. The molecule has 0 heterocycles. The van der Waals surface area contributed by atoms with Crippen LogP contribution in [0.1, 0.15) is 12.5 Å². The van der Waals surface area contributed by atoms with E-state index in [-0.39, 0.29) is 18.6 Å². The highest BCUT2D eigenvalue weighted by Crippen LogP contribution is 2.18. The van der Waals surface area contributed by atoms with Crippen molar-refractivity contribution in [3.63, 3.8) is 0 Å². The molecule has 86 valence electrons. The number of hydrogen-bond acceptors (Lipinski definition) is 3. The lowest BCUT2D eigenvalue weighted by Gasteiger charge is -2.06. The maximum atomic E-state index is 11.4. The summed E-state index contributed by atoms with van der Waals surface area (Å²) in [5.74, 6) is -0.523. The van der Waals surface area contributed by atoms with E-state index in [4.69, 9.17) is 21.4 Å². The lowest BCUT2D eigenvalue weighted by atomic mass is 10.1. The van der Waals surface area contributed by atoms with Gasteiger partial charge in [-0.1, -0.05) is 29.8 Å². The van der Waals surface area contributed by atoms with Crippen LogP contribution in [-0.2, 0) is 16.0 Å². The Bertz CT molecular complexity index is 399. The Hall–Kier alpha value is -1.48. The molecule has 3 nitrogen and oxygen atoms in total. The van der Waals surface area contributed by atoms with Crippen LogP contribution in [0.5, 0.6) is 0 Å². The molecule has 1 N–H and O–H groups in total. The molecular formula is C12H13ClO3. The Labute approximate surface area is 99.3 Å². The van der Waals surface area contributed by atoms with Gasteiger partial charge >= 0.3 is 5.97 Å². The molecule has 0 aliphatic heterocycles. The summed E-state index contributed by atoms with van der Waals surface area (Å²) in [5, 5.41) is 9.53. The minimum absolute atomic E-state index is 0.190. The topological polar surface area (TPSA) is 46.5 Å². The zero-order valence-electron chi connectivity index (χ0n) is 8.94. The summed E-state index contributed by atoms with van der Waals surface area (Å²) in [5.41, 5.74) is 0.965. The van der Waals surface area contributed by atoms with E-state index in [2.05, 4.69) is 0 Å². The average molecular weight is 241 g/mol. The van der Waals surface area contributed by atoms with Gasteiger partial charge in [-0.2, -0.15) is 0 Å². The van der Waals surface area contributed by atoms with Crippen LogP contribution >= 0.6 is 11.6 Å². The Morgan fingerprint density at radius 1 is 1.50 bits per heavy atom. The van der Waals surface area contributed by atoms with Crippen molar-refractivity contribution in [3.05, 3.63) is 46.7 Å². The van der Waals surface area contributed by atoms with Gasteiger partial charge in [0, 0.05) is 11.4 Å². The maximum absolute atomic E-state index is 11.4. The highest BCUT2D eigenvalue weighted by atomic mass is 35.5. The predicted octanol–water partition coefficient (Wildman–Crippen LogP) is 2.89. The van der Waals surface area contributed by atoms with E-state index in [9.17, 15) is 4.79 Å². The monoisotopic (exact) mass is 240 g/mol. The van der Waals surface area contributed by atoms with Crippen molar-refractivity contribution in [1.82, 2.24) is 0 Å². The molecule has 1 rings (SSSR count). The Morgan fingerprint density at radius 2 is 2.19 bits per heavy atom. The van der Waals surface area contributed by atoms with Crippen LogP contribution in [0.15, 0.2) is 36.1 Å². The molecule has 16 heavy (non-hydrogen) atoms. The summed E-state index contributed by atoms with van der Waals surface area (Å²) in [4.78, 5) is 11.4. The zero-order valence-corrected chi connectivity index (χ0v) is 9.70. The molecule has 0 amide bonds. The van der Waals surface area contributed by atoms with Gasteiger partial charge in [0.2, 0.25) is 0 Å². The third-order valence-electron chi connectivity index (χ3n) is 2.03. The second-order valence-electron chi connectivity index (χ2n) is 3.14. The molecule has 0 aliphatic carbocycles. The van der Waals surface area contributed by atoms with Gasteiger partial charge in [0.1, 0.15) is 0 Å². The molecule has 0 aliphatic rings. The van der Waals surface area contributed by atoms with E-state index in [1.165, 1.54) is 0 Å². The summed E-state index contributed by atoms with van der Waals surface area (Å²) < 4.78 is 4.80. The summed E-state index contributed by atoms with van der Waals surface area (Å²) in [6.07, 6.45) is 1.02. The molecule has 0 spiro atoms. The van der Waals surface area contributed by atoms with Crippen molar-refractivity contribution < 1.29 is 14.6 Å². The van der Waals surface area contributed by atoms with Crippen molar-refractivity contribution in [3.8, 4) is 0 Å². The number of carbonyl (C=O) groups excluding carboxylic acids is 1. The minimum Gasteiger partial charge on any atom is -0.515 e. The number of halogens is 1. The zero-order chi connectivity index (χ0) is 12.0. The first-order valence-electron chi connectivity index (χ1n) is 4.92. The largest absolute Gasteiger partial charge is 0.515 e. The fourth-order valence-corrected chi connectivity index (χ4v) is 1.44. The van der Waals surface area contributed by atoms with Crippen LogP contribution in [-0.4, -0.2) is 17.7 Å². The molecule has 0 fully saturated rings. The molecule has 0 bridgehead atoms. The van der Waals surface area contributed by atoms with Crippen LogP contribution in [0, 0.1) is 0 Å². The normalized spacial score (nSPS) is 11.2. The van der Waals surface area contributed by atoms with Crippen molar-refractivity contribution in [2.45, 2.75) is 13.3 Å². The van der Waals surface area contributed by atoms with Gasteiger partial charge in [0.15, 0.2) is 0 Å². The highest BCUT2D eigenvalue weighted by molar-refractivity contribution is 6.31. The maximum Gasteiger partial charge on any atom is 0.337 e. The Morgan fingerprint density at radius 3 is 2.75 bits per heavy atom. The van der Waals surface area contributed by atoms with E-state index in [0.29, 0.717) is 5.02 Å². The van der Waals surface area contributed by atoms with Gasteiger partial charge in [-0.25, -0.2) is 4.79 Å². The number of hydrogen-bond donors (Lipinski definition) is 1.